The molecule has 0 aromatic heterocycles. The number of nitrogens with zero attached hydrogens (tertiary/aromatic N) is 2. The van der Waals surface area contributed by atoms with Crippen molar-refractivity contribution in [3.05, 3.63) is 0 Å². The van der Waals surface area contributed by atoms with Gasteiger partial charge in [0.15, 0.2) is 0 Å². The smallest absolute Gasteiger partial charge is 0.243 e. The molecule has 1 saturated heterocycles. The third-order valence-electron chi connectivity index (χ3n) is 15.1. The first-order valence-corrected chi connectivity index (χ1v) is 30.8. The van der Waals surface area contributed by atoms with Crippen molar-refractivity contribution in [3.63, 3.8) is 0 Å². The lowest BCUT2D eigenvalue weighted by Crippen LogP contribution is -2.61. The van der Waals surface area contributed by atoms with Crippen LogP contribution in [0, 0.1) is 0 Å². The van der Waals surface area contributed by atoms with E-state index < -0.39 is 12.1 Å². The van der Waals surface area contributed by atoms with E-state index in [-0.39, 0.29) is 24.0 Å². The fraction of sp³-hybridized carbons (Fsp3) is 0.967. The molecule has 4 atom stereocenters. The molecule has 0 spiro atoms. The Morgan fingerprint density at radius 1 is 0.338 bits per heavy atom. The molecule has 0 bridgehead atoms. The number of carbonyl (C=O) groups is 2. The monoisotopic (exact) mass is 961 g/mol. The van der Waals surface area contributed by atoms with Crippen molar-refractivity contribution in [3.8, 4) is 0 Å². The van der Waals surface area contributed by atoms with Crippen LogP contribution in [0.1, 0.15) is 310 Å². The summed E-state index contributed by atoms with van der Waals surface area (Å²) in [6.07, 6.45) is 53.4. The number of amides is 2. The topological polar surface area (TPSA) is 105 Å². The minimum absolute atomic E-state index is 0.0377. The number of hydrogen-bond donors (Lipinski definition) is 4. The molecule has 404 valence electrons. The molecule has 1 heterocycles. The zero-order valence-corrected chi connectivity index (χ0v) is 46.3. The number of aliphatic hydroxyl groups excluding tert-OH is 2. The van der Waals surface area contributed by atoms with Crippen molar-refractivity contribution in [1.82, 2.24) is 20.4 Å². The molecular formula is C60H120N4O4. The molecule has 1 aliphatic heterocycles. The summed E-state index contributed by atoms with van der Waals surface area (Å²) in [4.78, 5) is 31.5. The number of aliphatic hydroxyl groups is 2. The first-order chi connectivity index (χ1) is 33.3. The van der Waals surface area contributed by atoms with Gasteiger partial charge in [-0.2, -0.15) is 0 Å². The van der Waals surface area contributed by atoms with Crippen LogP contribution in [0.4, 0.5) is 0 Å². The average molecular weight is 962 g/mol. The SMILES string of the molecule is CCCCCCCCCCCCN(CCCC[C@@H]1NC(=O)[C@@H](CCCCN(CCCCCCCCCCCC)C[C@H](O)CCCCCCCCCC)NC1=O)C[C@H](O)CCCCCCCCCC. The number of hydrogen-bond acceptors (Lipinski definition) is 6. The number of nitrogens with one attached hydrogen (secondary N) is 2. The Morgan fingerprint density at radius 2 is 0.559 bits per heavy atom. The minimum Gasteiger partial charge on any atom is -0.392 e. The van der Waals surface area contributed by atoms with E-state index in [9.17, 15) is 19.8 Å². The second-order valence-corrected chi connectivity index (χ2v) is 21.9. The summed E-state index contributed by atoms with van der Waals surface area (Å²) in [5, 5.41) is 28.3. The first kappa shape index (κ1) is 64.8. The van der Waals surface area contributed by atoms with Gasteiger partial charge in [-0.15, -0.1) is 0 Å². The fourth-order valence-electron chi connectivity index (χ4n) is 10.5. The van der Waals surface area contributed by atoms with Crippen LogP contribution >= 0.6 is 0 Å². The van der Waals surface area contributed by atoms with E-state index in [4.69, 9.17) is 0 Å². The van der Waals surface area contributed by atoms with Crippen LogP contribution in [-0.4, -0.2) is 95.4 Å². The van der Waals surface area contributed by atoms with E-state index >= 15 is 0 Å². The van der Waals surface area contributed by atoms with Crippen molar-refractivity contribution in [2.24, 2.45) is 0 Å². The second kappa shape index (κ2) is 49.4. The largest absolute Gasteiger partial charge is 0.392 e. The van der Waals surface area contributed by atoms with E-state index in [0.717, 1.165) is 90.6 Å². The summed E-state index contributed by atoms with van der Waals surface area (Å²) in [6.45, 7) is 14.5. The molecule has 8 nitrogen and oxygen atoms in total. The van der Waals surface area contributed by atoms with Gasteiger partial charge in [-0.1, -0.05) is 246 Å². The minimum atomic E-state index is -0.458. The highest BCUT2D eigenvalue weighted by Gasteiger charge is 2.32. The second-order valence-electron chi connectivity index (χ2n) is 21.9. The summed E-state index contributed by atoms with van der Waals surface area (Å²) < 4.78 is 0. The van der Waals surface area contributed by atoms with E-state index in [1.165, 1.54) is 218 Å². The molecule has 1 aliphatic rings. The molecule has 0 radical (unpaired) electrons. The van der Waals surface area contributed by atoms with E-state index in [0.29, 0.717) is 12.8 Å². The maximum Gasteiger partial charge on any atom is 0.243 e. The predicted molar refractivity (Wildman–Crippen MR) is 295 cm³/mol. The maximum atomic E-state index is 13.3. The molecule has 4 N–H and O–H groups in total. The van der Waals surface area contributed by atoms with E-state index in [2.05, 4.69) is 48.1 Å². The zero-order valence-electron chi connectivity index (χ0n) is 46.3. The first-order valence-electron chi connectivity index (χ1n) is 30.8. The third-order valence-corrected chi connectivity index (χ3v) is 15.1. The molecule has 2 amide bonds. The standard InChI is InChI=1S/C60H120N4O4/c1-5-9-13-17-21-25-27-31-35-41-49-63(53-55(65)45-37-33-29-23-19-15-11-7-3)51-43-39-47-57-59(67)62-58(60(68)61-57)48-40-44-52-64(50-42-36-32-28-26-22-18-14-10-6-2)54-56(66)46-38-34-30-24-20-16-12-8-4/h55-58,65-66H,5-54H2,1-4H3,(H,61,68)(H,62,67)/t55-,56-,57-,58+/m1/s1. The zero-order chi connectivity index (χ0) is 49.4. The van der Waals surface area contributed by atoms with Gasteiger partial charge < -0.3 is 30.6 Å². The van der Waals surface area contributed by atoms with Gasteiger partial charge in [-0.05, 0) is 90.4 Å². The summed E-state index contributed by atoms with van der Waals surface area (Å²) in [5.74, 6) is -0.0754. The van der Waals surface area contributed by atoms with Gasteiger partial charge in [0.1, 0.15) is 12.1 Å². The summed E-state index contributed by atoms with van der Waals surface area (Å²) in [7, 11) is 0. The number of carbonyl (C=O) groups excluding carboxylic acids is 2. The molecule has 8 heteroatoms. The van der Waals surface area contributed by atoms with Gasteiger partial charge in [-0.25, -0.2) is 0 Å². The van der Waals surface area contributed by atoms with Crippen molar-refractivity contribution in [2.45, 2.75) is 335 Å². The summed E-state index contributed by atoms with van der Waals surface area (Å²) in [6, 6.07) is -0.915. The summed E-state index contributed by atoms with van der Waals surface area (Å²) in [5.41, 5.74) is 0. The number of rotatable bonds is 54. The highest BCUT2D eigenvalue weighted by Crippen LogP contribution is 2.18. The Balaban J connectivity index is 2.51. The molecule has 1 fully saturated rings. The van der Waals surface area contributed by atoms with E-state index in [1.54, 1.807) is 0 Å². The third kappa shape index (κ3) is 40.4. The van der Waals surface area contributed by atoms with Gasteiger partial charge in [0.2, 0.25) is 11.8 Å². The lowest BCUT2D eigenvalue weighted by atomic mass is 10.0. The molecule has 0 aromatic carbocycles. The van der Waals surface area contributed by atoms with Crippen LogP contribution in [0.2, 0.25) is 0 Å². The van der Waals surface area contributed by atoms with Crippen LogP contribution in [0.15, 0.2) is 0 Å². The number of unbranched alkanes of at least 4 members (excludes halogenated alkanes) is 34. The lowest BCUT2D eigenvalue weighted by Gasteiger charge is -2.30. The van der Waals surface area contributed by atoms with Crippen LogP contribution in [0.5, 0.6) is 0 Å². The molecule has 0 aromatic rings. The van der Waals surface area contributed by atoms with Gasteiger partial charge in [0.25, 0.3) is 0 Å². The van der Waals surface area contributed by atoms with Crippen LogP contribution in [0.25, 0.3) is 0 Å². The highest BCUT2D eigenvalue weighted by atomic mass is 16.3. The van der Waals surface area contributed by atoms with Crippen LogP contribution in [-0.2, 0) is 9.59 Å². The average Bonchev–Trinajstić information content (AvgIpc) is 3.33. The van der Waals surface area contributed by atoms with Gasteiger partial charge >= 0.3 is 0 Å². The van der Waals surface area contributed by atoms with Crippen molar-refractivity contribution in [1.29, 1.82) is 0 Å². The normalized spacial score (nSPS) is 16.2. The van der Waals surface area contributed by atoms with Crippen molar-refractivity contribution in [2.75, 3.05) is 39.3 Å². The van der Waals surface area contributed by atoms with Crippen LogP contribution in [0.3, 0.4) is 0 Å². The highest BCUT2D eigenvalue weighted by molar-refractivity contribution is 5.96. The molecule has 68 heavy (non-hydrogen) atoms. The Hall–Kier alpha value is -1.22. The molecular weight excluding hydrogens is 841 g/mol. The number of piperazine rings is 1. The summed E-state index contributed by atoms with van der Waals surface area (Å²) >= 11 is 0. The molecule has 0 aliphatic carbocycles. The quantitative estimate of drug-likeness (QED) is 0.0453. The van der Waals surface area contributed by atoms with Gasteiger partial charge in [-0.3, -0.25) is 9.59 Å². The Labute approximate surface area is 424 Å². The van der Waals surface area contributed by atoms with Crippen LogP contribution < -0.4 is 10.6 Å². The van der Waals surface area contributed by atoms with E-state index in [1.807, 2.05) is 0 Å². The van der Waals surface area contributed by atoms with Gasteiger partial charge in [0, 0.05) is 13.1 Å². The predicted octanol–water partition coefficient (Wildman–Crippen LogP) is 15.5. The Bertz CT molecular complexity index is 996. The molecule has 0 unspecified atom stereocenters. The lowest BCUT2D eigenvalue weighted by molar-refractivity contribution is -0.137. The maximum absolute atomic E-state index is 13.3. The van der Waals surface area contributed by atoms with Crippen molar-refractivity contribution >= 4 is 11.8 Å². The fourth-order valence-corrected chi connectivity index (χ4v) is 10.5. The molecule has 1 rings (SSSR count). The van der Waals surface area contributed by atoms with Gasteiger partial charge in [0.05, 0.1) is 12.2 Å². The Morgan fingerprint density at radius 3 is 0.824 bits per heavy atom. The Kier molecular flexibility index (Phi) is 47.0. The van der Waals surface area contributed by atoms with Crippen molar-refractivity contribution < 1.29 is 19.8 Å². The molecule has 0 saturated carbocycles.